The summed E-state index contributed by atoms with van der Waals surface area (Å²) < 4.78 is 1.11. The Balaban J connectivity index is 1.95. The second-order valence-corrected chi connectivity index (χ2v) is 6.27. The molecule has 2 heteroatoms. The number of halogens is 1. The molecule has 0 radical (unpaired) electrons. The Bertz CT molecular complexity index is 774. The molecule has 0 bridgehead atoms. The summed E-state index contributed by atoms with van der Waals surface area (Å²) in [6, 6.07) is 21.6. The van der Waals surface area contributed by atoms with Gasteiger partial charge >= 0.3 is 0 Å². The Kier molecular flexibility index (Phi) is 3.98. The van der Waals surface area contributed by atoms with Crippen molar-refractivity contribution < 1.29 is 0 Å². The zero-order chi connectivity index (χ0) is 14.8. The lowest BCUT2D eigenvalue weighted by molar-refractivity contribution is 0.893. The lowest BCUT2D eigenvalue weighted by Crippen LogP contribution is -2.07. The summed E-state index contributed by atoms with van der Waals surface area (Å²) in [6.45, 7) is 4.30. The fraction of sp³-hybridized carbons (Fsp3) is 0.158. The minimum absolute atomic E-state index is 0.245. The summed E-state index contributed by atoms with van der Waals surface area (Å²) in [6.07, 6.45) is 0. The van der Waals surface area contributed by atoms with Gasteiger partial charge in [0.05, 0.1) is 0 Å². The van der Waals surface area contributed by atoms with Crippen LogP contribution in [0.25, 0.3) is 10.8 Å². The van der Waals surface area contributed by atoms with Crippen molar-refractivity contribution in [2.75, 3.05) is 5.32 Å². The van der Waals surface area contributed by atoms with E-state index in [1.54, 1.807) is 0 Å². The van der Waals surface area contributed by atoms with Gasteiger partial charge in [-0.2, -0.15) is 0 Å². The van der Waals surface area contributed by atoms with Gasteiger partial charge in [0.2, 0.25) is 0 Å². The third-order valence-corrected chi connectivity index (χ3v) is 4.44. The molecule has 1 N–H and O–H groups in total. The Hall–Kier alpha value is -1.80. The molecule has 0 aromatic heterocycles. The number of hydrogen-bond donors (Lipinski definition) is 1. The highest BCUT2D eigenvalue weighted by atomic mass is 79.9. The summed E-state index contributed by atoms with van der Waals surface area (Å²) in [5.74, 6) is 0. The van der Waals surface area contributed by atoms with Crippen LogP contribution in [-0.2, 0) is 0 Å². The zero-order valence-corrected chi connectivity index (χ0v) is 13.8. The molecule has 0 heterocycles. The highest BCUT2D eigenvalue weighted by Gasteiger charge is 2.10. The number of anilines is 1. The summed E-state index contributed by atoms with van der Waals surface area (Å²) in [4.78, 5) is 0. The summed E-state index contributed by atoms with van der Waals surface area (Å²) in [5.41, 5.74) is 3.70. The van der Waals surface area contributed by atoms with Gasteiger partial charge in [-0.05, 0) is 63.8 Å². The molecule has 3 aromatic carbocycles. The second kappa shape index (κ2) is 5.90. The van der Waals surface area contributed by atoms with Crippen LogP contribution in [0.4, 0.5) is 5.69 Å². The highest BCUT2D eigenvalue weighted by Crippen LogP contribution is 2.30. The second-order valence-electron chi connectivity index (χ2n) is 5.42. The van der Waals surface area contributed by atoms with Crippen LogP contribution in [0.15, 0.2) is 65.1 Å². The van der Waals surface area contributed by atoms with Gasteiger partial charge in [-0.25, -0.2) is 0 Å². The number of benzene rings is 3. The van der Waals surface area contributed by atoms with Crippen molar-refractivity contribution >= 4 is 32.4 Å². The van der Waals surface area contributed by atoms with Crippen molar-refractivity contribution in [3.05, 3.63) is 76.3 Å². The summed E-state index contributed by atoms with van der Waals surface area (Å²) >= 11 is 3.64. The SMILES string of the molecule is Cc1ccc(NC(C)c2cccc3ccccc23)c(Br)c1. The van der Waals surface area contributed by atoms with E-state index in [4.69, 9.17) is 0 Å². The fourth-order valence-electron chi connectivity index (χ4n) is 2.68. The highest BCUT2D eigenvalue weighted by molar-refractivity contribution is 9.10. The quantitative estimate of drug-likeness (QED) is 0.609. The summed E-state index contributed by atoms with van der Waals surface area (Å²) in [5, 5.41) is 6.19. The number of aryl methyl sites for hydroxylation is 1. The van der Waals surface area contributed by atoms with Crippen molar-refractivity contribution in [3.63, 3.8) is 0 Å². The van der Waals surface area contributed by atoms with Crippen molar-refractivity contribution in [3.8, 4) is 0 Å². The molecule has 106 valence electrons. The van der Waals surface area contributed by atoms with E-state index in [9.17, 15) is 0 Å². The first kappa shape index (κ1) is 14.2. The molecule has 0 spiro atoms. The Morgan fingerprint density at radius 1 is 0.952 bits per heavy atom. The van der Waals surface area contributed by atoms with Crippen LogP contribution in [0, 0.1) is 6.92 Å². The normalized spacial score (nSPS) is 12.3. The molecule has 0 fully saturated rings. The number of hydrogen-bond acceptors (Lipinski definition) is 1. The first-order chi connectivity index (χ1) is 10.1. The van der Waals surface area contributed by atoms with E-state index < -0.39 is 0 Å². The molecule has 1 unspecified atom stereocenters. The van der Waals surface area contributed by atoms with Crippen LogP contribution in [0.5, 0.6) is 0 Å². The van der Waals surface area contributed by atoms with Gasteiger partial charge in [-0.15, -0.1) is 0 Å². The van der Waals surface area contributed by atoms with Crippen molar-refractivity contribution in [1.82, 2.24) is 0 Å². The van der Waals surface area contributed by atoms with Crippen LogP contribution < -0.4 is 5.32 Å². The van der Waals surface area contributed by atoms with Gasteiger partial charge in [-0.1, -0.05) is 48.5 Å². The molecule has 21 heavy (non-hydrogen) atoms. The summed E-state index contributed by atoms with van der Waals surface area (Å²) in [7, 11) is 0. The largest absolute Gasteiger partial charge is 0.378 e. The van der Waals surface area contributed by atoms with E-state index in [-0.39, 0.29) is 6.04 Å². The maximum Gasteiger partial charge on any atom is 0.0492 e. The van der Waals surface area contributed by atoms with E-state index >= 15 is 0 Å². The molecule has 0 aliphatic carbocycles. The van der Waals surface area contributed by atoms with E-state index in [0.29, 0.717) is 0 Å². The Morgan fingerprint density at radius 2 is 1.71 bits per heavy atom. The third kappa shape index (κ3) is 2.96. The van der Waals surface area contributed by atoms with Crippen molar-refractivity contribution in [2.45, 2.75) is 19.9 Å². The number of fused-ring (bicyclic) bond motifs is 1. The smallest absolute Gasteiger partial charge is 0.0492 e. The molecule has 3 aromatic rings. The average molecular weight is 340 g/mol. The van der Waals surface area contributed by atoms with Gasteiger partial charge in [0.25, 0.3) is 0 Å². The lowest BCUT2D eigenvalue weighted by atomic mass is 9.99. The van der Waals surface area contributed by atoms with Crippen LogP contribution in [0.2, 0.25) is 0 Å². The standard InChI is InChI=1S/C19H18BrN/c1-13-10-11-19(18(20)12-13)21-14(2)16-9-5-7-15-6-3-4-8-17(15)16/h3-12,14,21H,1-2H3. The number of nitrogens with one attached hydrogen (secondary N) is 1. The maximum atomic E-state index is 3.64. The minimum Gasteiger partial charge on any atom is -0.378 e. The number of rotatable bonds is 3. The first-order valence-corrected chi connectivity index (χ1v) is 7.95. The van der Waals surface area contributed by atoms with Gasteiger partial charge in [-0.3, -0.25) is 0 Å². The van der Waals surface area contributed by atoms with Crippen LogP contribution in [0.1, 0.15) is 24.1 Å². The molecule has 0 saturated heterocycles. The molecular weight excluding hydrogens is 322 g/mol. The maximum absolute atomic E-state index is 3.64. The zero-order valence-electron chi connectivity index (χ0n) is 12.2. The van der Waals surface area contributed by atoms with Crippen LogP contribution in [-0.4, -0.2) is 0 Å². The Labute approximate surface area is 134 Å². The van der Waals surface area contributed by atoms with Crippen LogP contribution >= 0.6 is 15.9 Å². The third-order valence-electron chi connectivity index (χ3n) is 3.79. The molecule has 0 amide bonds. The molecular formula is C19H18BrN. The monoisotopic (exact) mass is 339 g/mol. The van der Waals surface area contributed by atoms with Gasteiger partial charge in [0, 0.05) is 16.2 Å². The lowest BCUT2D eigenvalue weighted by Gasteiger charge is -2.19. The fourth-order valence-corrected chi connectivity index (χ4v) is 3.28. The predicted molar refractivity (Wildman–Crippen MR) is 94.9 cm³/mol. The predicted octanol–water partition coefficient (Wildman–Crippen LogP) is 6.08. The molecule has 3 rings (SSSR count). The minimum atomic E-state index is 0.245. The van der Waals surface area contributed by atoms with Crippen molar-refractivity contribution in [2.24, 2.45) is 0 Å². The molecule has 1 atom stereocenters. The van der Waals surface area contributed by atoms with Gasteiger partial charge < -0.3 is 5.32 Å². The van der Waals surface area contributed by atoms with Gasteiger partial charge in [0.15, 0.2) is 0 Å². The van der Waals surface area contributed by atoms with E-state index in [2.05, 4.69) is 95.8 Å². The van der Waals surface area contributed by atoms with Gasteiger partial charge in [0.1, 0.15) is 0 Å². The molecule has 0 aliphatic heterocycles. The van der Waals surface area contributed by atoms with E-state index in [1.165, 1.54) is 21.9 Å². The topological polar surface area (TPSA) is 12.0 Å². The van der Waals surface area contributed by atoms with E-state index in [1.807, 2.05) is 0 Å². The molecule has 0 aliphatic rings. The Morgan fingerprint density at radius 3 is 2.52 bits per heavy atom. The first-order valence-electron chi connectivity index (χ1n) is 7.15. The average Bonchev–Trinajstić information content (AvgIpc) is 2.49. The van der Waals surface area contributed by atoms with Crippen molar-refractivity contribution in [1.29, 1.82) is 0 Å². The van der Waals surface area contributed by atoms with Crippen LogP contribution in [0.3, 0.4) is 0 Å². The molecule has 1 nitrogen and oxygen atoms in total. The van der Waals surface area contributed by atoms with E-state index in [0.717, 1.165) is 10.2 Å². The molecule has 0 saturated carbocycles.